The zero-order valence-electron chi connectivity index (χ0n) is 23.5. The number of hydrogen-bond acceptors (Lipinski definition) is 4. The summed E-state index contributed by atoms with van der Waals surface area (Å²) in [6.45, 7) is 6.95. The Balaban J connectivity index is 1.20. The van der Waals surface area contributed by atoms with Crippen LogP contribution in [0.15, 0.2) is 84.9 Å². The van der Waals surface area contributed by atoms with E-state index in [-0.39, 0.29) is 23.9 Å². The highest BCUT2D eigenvalue weighted by atomic mass is 16.5. The van der Waals surface area contributed by atoms with Gasteiger partial charge < -0.3 is 24.8 Å². The lowest BCUT2D eigenvalue weighted by Crippen LogP contribution is -2.53. The minimum absolute atomic E-state index is 0.0457. The molecule has 8 nitrogen and oxygen atoms in total. The monoisotopic (exact) mass is 550 g/mol. The first-order valence-electron chi connectivity index (χ1n) is 14.0. The number of fused-ring (bicyclic) bond motifs is 3. The molecule has 2 aliphatic rings. The second-order valence-corrected chi connectivity index (χ2v) is 12.0. The summed E-state index contributed by atoms with van der Waals surface area (Å²) >= 11 is 0. The van der Waals surface area contributed by atoms with Crippen molar-refractivity contribution >= 4 is 28.6 Å². The van der Waals surface area contributed by atoms with E-state index in [4.69, 9.17) is 10.5 Å². The lowest BCUT2D eigenvalue weighted by Gasteiger charge is -2.40. The number of amides is 3. The Morgan fingerprint density at radius 1 is 0.829 bits per heavy atom. The molecule has 4 aromatic rings. The van der Waals surface area contributed by atoms with Gasteiger partial charge in [0.25, 0.3) is 11.8 Å². The summed E-state index contributed by atoms with van der Waals surface area (Å²) in [7, 11) is 0. The average Bonchev–Trinajstić information content (AvgIpc) is 3.66. The molecule has 0 saturated carbocycles. The molecule has 2 N–H and O–H groups in total. The van der Waals surface area contributed by atoms with Gasteiger partial charge in [0.1, 0.15) is 23.2 Å². The number of nitrogens with two attached hydrogens (primary N) is 1. The van der Waals surface area contributed by atoms with Crippen molar-refractivity contribution in [3.05, 3.63) is 96.2 Å². The van der Waals surface area contributed by atoms with Crippen LogP contribution >= 0.6 is 0 Å². The van der Waals surface area contributed by atoms with Gasteiger partial charge in [-0.2, -0.15) is 0 Å². The summed E-state index contributed by atoms with van der Waals surface area (Å²) in [5.74, 6) is 0.730. The molecule has 1 aromatic heterocycles. The second kappa shape index (κ2) is 10.1. The first-order valence-corrected chi connectivity index (χ1v) is 14.0. The Morgan fingerprint density at radius 2 is 1.44 bits per heavy atom. The molecular weight excluding hydrogens is 516 g/mol. The Morgan fingerprint density at radius 3 is 2.07 bits per heavy atom. The molecule has 3 atom stereocenters. The Kier molecular flexibility index (Phi) is 6.56. The fraction of sp³-hybridized carbons (Fsp3) is 0.303. The summed E-state index contributed by atoms with van der Waals surface area (Å²) in [5, 5.41) is 0.864. The maximum atomic E-state index is 14.3. The number of carbonyl (C=O) groups is 3. The quantitative estimate of drug-likeness (QED) is 0.355. The molecule has 0 spiro atoms. The van der Waals surface area contributed by atoms with E-state index in [9.17, 15) is 14.4 Å². The minimum atomic E-state index is -0.634. The van der Waals surface area contributed by atoms with Gasteiger partial charge in [-0.15, -0.1) is 0 Å². The molecule has 3 aromatic carbocycles. The van der Waals surface area contributed by atoms with Crippen LogP contribution in [-0.2, 0) is 4.79 Å². The van der Waals surface area contributed by atoms with Gasteiger partial charge in [0, 0.05) is 29.6 Å². The fourth-order valence-electron chi connectivity index (χ4n) is 6.31. The first-order chi connectivity index (χ1) is 19.6. The van der Waals surface area contributed by atoms with Crippen LogP contribution in [0.3, 0.4) is 0 Å². The highest BCUT2D eigenvalue weighted by Crippen LogP contribution is 2.40. The number of likely N-dealkylation sites (tertiary alicyclic amines) is 2. The van der Waals surface area contributed by atoms with Gasteiger partial charge in [0.15, 0.2) is 0 Å². The van der Waals surface area contributed by atoms with Crippen LogP contribution < -0.4 is 10.5 Å². The van der Waals surface area contributed by atoms with Crippen LogP contribution in [0, 0.1) is 5.41 Å². The van der Waals surface area contributed by atoms with E-state index < -0.39 is 17.4 Å². The van der Waals surface area contributed by atoms with Crippen molar-refractivity contribution in [3.63, 3.8) is 0 Å². The van der Waals surface area contributed by atoms with Crippen LogP contribution in [-0.4, -0.2) is 57.3 Å². The van der Waals surface area contributed by atoms with E-state index in [0.29, 0.717) is 30.1 Å². The standard InChI is InChI=1S/C33H34N4O4/c1-33(2,3)29(37-27-12-8-7-9-22(27)17-28(37)30(34)38)32(40)36-20-23-18-24(36)19-35(23)31(39)21-13-15-26(16-14-21)41-25-10-5-4-6-11-25/h4-17,23-24,29H,18-20H2,1-3H3,(H2,34,38)/t23-,24-,29+/m0/s1. The van der Waals surface area contributed by atoms with Crippen molar-refractivity contribution in [2.75, 3.05) is 13.1 Å². The van der Waals surface area contributed by atoms with Gasteiger partial charge in [-0.1, -0.05) is 57.2 Å². The highest BCUT2D eigenvalue weighted by Gasteiger charge is 2.50. The van der Waals surface area contributed by atoms with Crippen LogP contribution in [0.5, 0.6) is 11.5 Å². The highest BCUT2D eigenvalue weighted by molar-refractivity contribution is 5.99. The van der Waals surface area contributed by atoms with Crippen LogP contribution in [0.1, 0.15) is 54.1 Å². The number of rotatable bonds is 6. The molecule has 2 fully saturated rings. The molecule has 2 bridgehead atoms. The Bertz CT molecular complexity index is 1620. The van der Waals surface area contributed by atoms with E-state index in [0.717, 1.165) is 23.1 Å². The largest absolute Gasteiger partial charge is 0.457 e. The van der Waals surface area contributed by atoms with Crippen LogP contribution in [0.4, 0.5) is 0 Å². The minimum Gasteiger partial charge on any atom is -0.457 e. The Hall–Kier alpha value is -4.59. The molecule has 8 heteroatoms. The van der Waals surface area contributed by atoms with Crippen molar-refractivity contribution in [3.8, 4) is 11.5 Å². The molecular formula is C33H34N4O4. The zero-order chi connectivity index (χ0) is 28.9. The maximum absolute atomic E-state index is 14.3. The van der Waals surface area contributed by atoms with Gasteiger partial charge >= 0.3 is 0 Å². The molecule has 210 valence electrons. The van der Waals surface area contributed by atoms with Crippen LogP contribution in [0.2, 0.25) is 0 Å². The summed E-state index contributed by atoms with van der Waals surface area (Å²) in [6, 6.07) is 25.3. The molecule has 3 amide bonds. The molecule has 2 aliphatic heterocycles. The van der Waals surface area contributed by atoms with Gasteiger partial charge in [0.05, 0.1) is 12.1 Å². The summed E-state index contributed by atoms with van der Waals surface area (Å²) in [5.41, 5.74) is 7.01. The number of nitrogens with zero attached hydrogens (tertiary/aromatic N) is 3. The number of piperazine rings is 1. The average molecular weight is 551 g/mol. The van der Waals surface area contributed by atoms with Gasteiger partial charge in [-0.05, 0) is 60.4 Å². The molecule has 0 unspecified atom stereocenters. The maximum Gasteiger partial charge on any atom is 0.265 e. The number of para-hydroxylation sites is 2. The predicted molar refractivity (Wildman–Crippen MR) is 157 cm³/mol. The topological polar surface area (TPSA) is 97.9 Å². The third kappa shape index (κ3) is 4.84. The van der Waals surface area contributed by atoms with E-state index in [2.05, 4.69) is 0 Å². The number of ether oxygens (including phenoxy) is 1. The molecule has 41 heavy (non-hydrogen) atoms. The summed E-state index contributed by atoms with van der Waals surface area (Å²) in [6.07, 6.45) is 0.735. The van der Waals surface area contributed by atoms with E-state index >= 15 is 0 Å². The van der Waals surface area contributed by atoms with Crippen LogP contribution in [0.25, 0.3) is 10.9 Å². The molecule has 0 aliphatic carbocycles. The van der Waals surface area contributed by atoms with Gasteiger partial charge in [-0.25, -0.2) is 0 Å². The first kappa shape index (κ1) is 26.6. The molecule has 3 heterocycles. The number of benzene rings is 3. The SMILES string of the molecule is CC(C)(C)[C@@H](C(=O)N1C[C@@H]2C[C@H]1CN2C(=O)c1ccc(Oc2ccccc2)cc1)n1c(C(N)=O)cc2ccccc21. The summed E-state index contributed by atoms with van der Waals surface area (Å²) in [4.78, 5) is 44.0. The van der Waals surface area contributed by atoms with Crippen molar-refractivity contribution in [1.29, 1.82) is 0 Å². The third-order valence-corrected chi connectivity index (χ3v) is 8.18. The number of carbonyl (C=O) groups excluding carboxylic acids is 3. The molecule has 6 rings (SSSR count). The van der Waals surface area contributed by atoms with Gasteiger partial charge in [-0.3, -0.25) is 14.4 Å². The molecule has 2 saturated heterocycles. The lowest BCUT2D eigenvalue weighted by atomic mass is 9.85. The number of primary amides is 1. The summed E-state index contributed by atoms with van der Waals surface area (Å²) < 4.78 is 7.67. The number of hydrogen-bond donors (Lipinski definition) is 1. The normalized spacial score (nSPS) is 19.0. The third-order valence-electron chi connectivity index (χ3n) is 8.18. The lowest BCUT2D eigenvalue weighted by molar-refractivity contribution is -0.140. The molecule has 0 radical (unpaired) electrons. The van der Waals surface area contributed by atoms with E-state index in [1.165, 1.54) is 0 Å². The van der Waals surface area contributed by atoms with Crippen molar-refractivity contribution in [2.45, 2.75) is 45.3 Å². The van der Waals surface area contributed by atoms with E-state index in [1.54, 1.807) is 30.3 Å². The Labute approximate surface area is 239 Å². The zero-order valence-corrected chi connectivity index (χ0v) is 23.5. The van der Waals surface area contributed by atoms with Gasteiger partial charge in [0.2, 0.25) is 5.91 Å². The van der Waals surface area contributed by atoms with Crippen molar-refractivity contribution in [2.24, 2.45) is 11.1 Å². The smallest absolute Gasteiger partial charge is 0.265 e. The second-order valence-electron chi connectivity index (χ2n) is 12.0. The van der Waals surface area contributed by atoms with Crippen molar-refractivity contribution in [1.82, 2.24) is 14.4 Å². The van der Waals surface area contributed by atoms with E-state index in [1.807, 2.05) is 89.7 Å². The van der Waals surface area contributed by atoms with Crippen molar-refractivity contribution < 1.29 is 19.1 Å². The predicted octanol–water partition coefficient (Wildman–Crippen LogP) is 5.25. The number of aromatic nitrogens is 1. The fourth-order valence-corrected chi connectivity index (χ4v) is 6.31.